The predicted molar refractivity (Wildman–Crippen MR) is 87.9 cm³/mol. The van der Waals surface area contributed by atoms with Crippen LogP contribution in [0.25, 0.3) is 11.1 Å². The van der Waals surface area contributed by atoms with E-state index in [1.807, 2.05) is 25.4 Å². The molecule has 2 rings (SSSR count). The van der Waals surface area contributed by atoms with Crippen LogP contribution in [0.3, 0.4) is 0 Å². The van der Waals surface area contributed by atoms with Gasteiger partial charge in [-0.15, -0.1) is 0 Å². The van der Waals surface area contributed by atoms with E-state index >= 15 is 0 Å². The van der Waals surface area contributed by atoms with E-state index in [9.17, 15) is 0 Å². The van der Waals surface area contributed by atoms with Crippen molar-refractivity contribution in [2.45, 2.75) is 26.3 Å². The molecule has 0 saturated carbocycles. The Bertz CT molecular complexity index is 601. The highest BCUT2D eigenvalue weighted by Gasteiger charge is 2.09. The number of halogens is 1. The number of hydrogen-bond acceptors (Lipinski definition) is 3. The number of pyridine rings is 1. The molecule has 4 heteroatoms. The number of ether oxygens (including phenoxy) is 1. The molecule has 1 heterocycles. The molecule has 21 heavy (non-hydrogen) atoms. The van der Waals surface area contributed by atoms with Crippen LogP contribution >= 0.6 is 11.6 Å². The summed E-state index contributed by atoms with van der Waals surface area (Å²) >= 11 is 6.38. The molecule has 0 aliphatic rings. The van der Waals surface area contributed by atoms with Gasteiger partial charge in [0.2, 0.25) is 0 Å². The van der Waals surface area contributed by atoms with Gasteiger partial charge < -0.3 is 10.1 Å². The van der Waals surface area contributed by atoms with Crippen LogP contribution in [-0.2, 0) is 0 Å². The van der Waals surface area contributed by atoms with Crippen molar-refractivity contribution in [3.8, 4) is 16.9 Å². The van der Waals surface area contributed by atoms with Crippen molar-refractivity contribution in [2.75, 3.05) is 13.7 Å². The molecule has 1 N–H and O–H groups in total. The van der Waals surface area contributed by atoms with Crippen LogP contribution in [0.2, 0.25) is 5.02 Å². The van der Waals surface area contributed by atoms with Crippen molar-refractivity contribution in [3.63, 3.8) is 0 Å². The largest absolute Gasteiger partial charge is 0.492 e. The minimum atomic E-state index is 0.226. The van der Waals surface area contributed by atoms with Gasteiger partial charge in [-0.2, -0.15) is 0 Å². The molecule has 1 atom stereocenters. The summed E-state index contributed by atoms with van der Waals surface area (Å²) in [6, 6.07) is 8.32. The number of nitrogens with zero attached hydrogens (tertiary/aromatic N) is 1. The summed E-state index contributed by atoms with van der Waals surface area (Å²) in [6.45, 7) is 4.87. The van der Waals surface area contributed by atoms with E-state index in [-0.39, 0.29) is 6.04 Å². The molecule has 0 radical (unpaired) electrons. The quantitative estimate of drug-likeness (QED) is 0.855. The van der Waals surface area contributed by atoms with E-state index in [2.05, 4.69) is 36.3 Å². The van der Waals surface area contributed by atoms with Crippen molar-refractivity contribution in [1.82, 2.24) is 10.3 Å². The Morgan fingerprint density at radius 3 is 2.71 bits per heavy atom. The van der Waals surface area contributed by atoms with Crippen LogP contribution < -0.4 is 10.1 Å². The lowest BCUT2D eigenvalue weighted by Gasteiger charge is -2.14. The first-order valence-electron chi connectivity index (χ1n) is 7.20. The Kier molecular flexibility index (Phi) is 5.59. The van der Waals surface area contributed by atoms with Crippen LogP contribution in [0.5, 0.6) is 5.75 Å². The van der Waals surface area contributed by atoms with Crippen LogP contribution in [0.15, 0.2) is 36.7 Å². The second-order valence-electron chi connectivity index (χ2n) is 5.00. The van der Waals surface area contributed by atoms with Crippen LogP contribution in [-0.4, -0.2) is 18.6 Å². The molecule has 0 amide bonds. The number of aromatic nitrogens is 1. The van der Waals surface area contributed by atoms with Gasteiger partial charge in [-0.05, 0) is 43.7 Å². The number of nitrogens with one attached hydrogen (secondary N) is 1. The Morgan fingerprint density at radius 2 is 2.05 bits per heavy atom. The fourth-order valence-electron chi connectivity index (χ4n) is 2.09. The molecule has 0 saturated heterocycles. The third kappa shape index (κ3) is 3.96. The third-order valence-corrected chi connectivity index (χ3v) is 3.75. The molecule has 1 aromatic heterocycles. The lowest BCUT2D eigenvalue weighted by atomic mass is 10.0. The average molecular weight is 305 g/mol. The normalized spacial score (nSPS) is 12.2. The number of rotatable bonds is 6. The van der Waals surface area contributed by atoms with E-state index in [1.165, 1.54) is 0 Å². The first-order valence-corrected chi connectivity index (χ1v) is 7.58. The Morgan fingerprint density at radius 1 is 1.24 bits per heavy atom. The molecule has 0 aliphatic carbocycles. The minimum absolute atomic E-state index is 0.226. The molecule has 0 fully saturated rings. The first kappa shape index (κ1) is 15.8. The van der Waals surface area contributed by atoms with Crippen molar-refractivity contribution >= 4 is 11.6 Å². The highest BCUT2D eigenvalue weighted by atomic mass is 35.5. The SMILES string of the molecule is CCCOc1cncc(-c2ccc(C(C)NC)c(Cl)c2)c1. The smallest absolute Gasteiger partial charge is 0.138 e. The Labute approximate surface area is 131 Å². The number of benzene rings is 1. The summed E-state index contributed by atoms with van der Waals surface area (Å²) in [5.41, 5.74) is 3.14. The van der Waals surface area contributed by atoms with Crippen LogP contribution in [0.4, 0.5) is 0 Å². The maximum absolute atomic E-state index is 6.38. The summed E-state index contributed by atoms with van der Waals surface area (Å²) in [4.78, 5) is 4.24. The van der Waals surface area contributed by atoms with Gasteiger partial charge in [0.05, 0.1) is 12.8 Å². The molecule has 2 aromatic rings. The molecule has 0 spiro atoms. The topological polar surface area (TPSA) is 34.1 Å². The molecule has 112 valence electrons. The van der Waals surface area contributed by atoms with Crippen LogP contribution in [0, 0.1) is 0 Å². The molecule has 1 unspecified atom stereocenters. The first-order chi connectivity index (χ1) is 10.2. The summed E-state index contributed by atoms with van der Waals surface area (Å²) in [5.74, 6) is 0.790. The lowest BCUT2D eigenvalue weighted by molar-refractivity contribution is 0.316. The second-order valence-corrected chi connectivity index (χ2v) is 5.41. The Balaban J connectivity index is 2.28. The molecule has 1 aromatic carbocycles. The van der Waals surface area contributed by atoms with Gasteiger partial charge in [-0.3, -0.25) is 4.98 Å². The fourth-order valence-corrected chi connectivity index (χ4v) is 2.43. The maximum atomic E-state index is 6.38. The van der Waals surface area contributed by atoms with Crippen LogP contribution in [0.1, 0.15) is 31.9 Å². The molecule has 0 aliphatic heterocycles. The summed E-state index contributed by atoms with van der Waals surface area (Å²) in [7, 11) is 1.92. The van der Waals surface area contributed by atoms with E-state index in [4.69, 9.17) is 16.3 Å². The number of hydrogen-bond donors (Lipinski definition) is 1. The minimum Gasteiger partial charge on any atom is -0.492 e. The van der Waals surface area contributed by atoms with E-state index in [0.29, 0.717) is 6.61 Å². The molecular formula is C17H21ClN2O. The van der Waals surface area contributed by atoms with Gasteiger partial charge in [0.1, 0.15) is 5.75 Å². The van der Waals surface area contributed by atoms with E-state index < -0.39 is 0 Å². The lowest BCUT2D eigenvalue weighted by Crippen LogP contribution is -2.12. The van der Waals surface area contributed by atoms with Gasteiger partial charge >= 0.3 is 0 Å². The maximum Gasteiger partial charge on any atom is 0.138 e. The Hall–Kier alpha value is -1.58. The van der Waals surface area contributed by atoms with Gasteiger partial charge in [0.25, 0.3) is 0 Å². The summed E-state index contributed by atoms with van der Waals surface area (Å²) < 4.78 is 5.62. The third-order valence-electron chi connectivity index (χ3n) is 3.42. The summed E-state index contributed by atoms with van der Waals surface area (Å²) in [5, 5.41) is 3.96. The zero-order valence-corrected chi connectivity index (χ0v) is 13.4. The predicted octanol–water partition coefficient (Wildman–Crippen LogP) is 4.47. The molecular weight excluding hydrogens is 284 g/mol. The highest BCUT2D eigenvalue weighted by molar-refractivity contribution is 6.31. The van der Waals surface area contributed by atoms with Crippen molar-refractivity contribution in [1.29, 1.82) is 0 Å². The van der Waals surface area contributed by atoms with E-state index in [0.717, 1.165) is 33.9 Å². The standard InChI is InChI=1S/C17H21ClN2O/c1-4-7-21-15-8-14(10-20-11-15)13-5-6-16(12(2)19-3)17(18)9-13/h5-6,8-12,19H,4,7H2,1-3H3. The van der Waals surface area contributed by atoms with Crippen molar-refractivity contribution in [3.05, 3.63) is 47.2 Å². The fraction of sp³-hybridized carbons (Fsp3) is 0.353. The zero-order chi connectivity index (χ0) is 15.2. The van der Waals surface area contributed by atoms with Gasteiger partial charge in [-0.1, -0.05) is 30.7 Å². The van der Waals surface area contributed by atoms with Crippen molar-refractivity contribution < 1.29 is 4.74 Å². The average Bonchev–Trinajstić information content (AvgIpc) is 2.52. The van der Waals surface area contributed by atoms with Crippen molar-refractivity contribution in [2.24, 2.45) is 0 Å². The van der Waals surface area contributed by atoms with Gasteiger partial charge in [-0.25, -0.2) is 0 Å². The van der Waals surface area contributed by atoms with Gasteiger partial charge in [0, 0.05) is 22.8 Å². The van der Waals surface area contributed by atoms with E-state index in [1.54, 1.807) is 6.20 Å². The molecule has 0 bridgehead atoms. The monoisotopic (exact) mass is 304 g/mol. The highest BCUT2D eigenvalue weighted by Crippen LogP contribution is 2.30. The zero-order valence-electron chi connectivity index (χ0n) is 12.7. The summed E-state index contributed by atoms with van der Waals surface area (Å²) in [6.07, 6.45) is 4.54. The second kappa shape index (κ2) is 7.43. The van der Waals surface area contributed by atoms with Gasteiger partial charge in [0.15, 0.2) is 0 Å². The molecule has 3 nitrogen and oxygen atoms in total.